The summed E-state index contributed by atoms with van der Waals surface area (Å²) in [6, 6.07) is 7.35. The zero-order valence-electron chi connectivity index (χ0n) is 12.1. The van der Waals surface area contributed by atoms with Gasteiger partial charge in [0.05, 0.1) is 6.10 Å². The van der Waals surface area contributed by atoms with Crippen molar-refractivity contribution in [2.24, 2.45) is 11.8 Å². The van der Waals surface area contributed by atoms with Gasteiger partial charge in [0.2, 0.25) is 0 Å². The van der Waals surface area contributed by atoms with Crippen molar-refractivity contribution in [1.29, 1.82) is 0 Å². The molecule has 20 heavy (non-hydrogen) atoms. The van der Waals surface area contributed by atoms with Crippen LogP contribution in [0.25, 0.3) is 0 Å². The van der Waals surface area contributed by atoms with E-state index in [2.05, 4.69) is 12.2 Å². The molecule has 1 saturated heterocycles. The maximum absolute atomic E-state index is 13.0. The molecular formula is C17H24FNO. The first-order chi connectivity index (χ1) is 9.72. The van der Waals surface area contributed by atoms with Gasteiger partial charge in [0.15, 0.2) is 0 Å². The van der Waals surface area contributed by atoms with Crippen LogP contribution in [0.5, 0.6) is 0 Å². The SMILES string of the molecule is C[C@@H](CC1CC1)NC[C@@H]1CCO[C@H]1c1ccc(F)cc1. The van der Waals surface area contributed by atoms with E-state index in [1.54, 1.807) is 0 Å². The summed E-state index contributed by atoms with van der Waals surface area (Å²) < 4.78 is 18.9. The molecule has 3 rings (SSSR count). The molecule has 0 aromatic heterocycles. The Kier molecular flexibility index (Phi) is 4.37. The predicted molar refractivity (Wildman–Crippen MR) is 78.0 cm³/mol. The van der Waals surface area contributed by atoms with Crippen molar-refractivity contribution in [2.45, 2.75) is 44.8 Å². The molecule has 0 spiro atoms. The molecule has 3 atom stereocenters. The van der Waals surface area contributed by atoms with Gasteiger partial charge in [-0.2, -0.15) is 0 Å². The largest absolute Gasteiger partial charge is 0.373 e. The zero-order valence-corrected chi connectivity index (χ0v) is 12.1. The van der Waals surface area contributed by atoms with E-state index in [1.807, 2.05) is 12.1 Å². The fourth-order valence-corrected chi connectivity index (χ4v) is 3.15. The molecule has 1 aromatic carbocycles. The Labute approximate surface area is 120 Å². The summed E-state index contributed by atoms with van der Waals surface area (Å²) in [6.07, 6.45) is 5.34. The Morgan fingerprint density at radius 1 is 1.25 bits per heavy atom. The van der Waals surface area contributed by atoms with Gasteiger partial charge >= 0.3 is 0 Å². The number of halogens is 1. The fraction of sp³-hybridized carbons (Fsp3) is 0.647. The smallest absolute Gasteiger partial charge is 0.123 e. The third kappa shape index (κ3) is 3.58. The molecule has 1 aromatic rings. The van der Waals surface area contributed by atoms with Gasteiger partial charge in [-0.1, -0.05) is 25.0 Å². The molecule has 2 nitrogen and oxygen atoms in total. The highest BCUT2D eigenvalue weighted by atomic mass is 19.1. The lowest BCUT2D eigenvalue weighted by Crippen LogP contribution is -2.32. The van der Waals surface area contributed by atoms with Gasteiger partial charge in [-0.15, -0.1) is 0 Å². The summed E-state index contributed by atoms with van der Waals surface area (Å²) in [5.41, 5.74) is 1.10. The normalized spacial score (nSPS) is 27.7. The van der Waals surface area contributed by atoms with E-state index in [-0.39, 0.29) is 11.9 Å². The van der Waals surface area contributed by atoms with Crippen LogP contribution in [0.4, 0.5) is 4.39 Å². The second-order valence-electron chi connectivity index (χ2n) is 6.38. The molecule has 2 aliphatic rings. The van der Waals surface area contributed by atoms with E-state index in [0.29, 0.717) is 12.0 Å². The number of nitrogens with one attached hydrogen (secondary N) is 1. The van der Waals surface area contributed by atoms with Crippen molar-refractivity contribution < 1.29 is 9.13 Å². The highest BCUT2D eigenvalue weighted by molar-refractivity contribution is 5.20. The minimum atomic E-state index is -0.181. The number of ether oxygens (including phenoxy) is 1. The Bertz CT molecular complexity index is 429. The minimum absolute atomic E-state index is 0.122. The number of rotatable bonds is 6. The third-order valence-corrected chi connectivity index (χ3v) is 4.53. The first-order valence-electron chi connectivity index (χ1n) is 7.83. The maximum atomic E-state index is 13.0. The molecule has 1 heterocycles. The lowest BCUT2D eigenvalue weighted by molar-refractivity contribution is 0.0897. The minimum Gasteiger partial charge on any atom is -0.373 e. The van der Waals surface area contributed by atoms with E-state index in [4.69, 9.17) is 4.74 Å². The van der Waals surface area contributed by atoms with Crippen LogP contribution >= 0.6 is 0 Å². The van der Waals surface area contributed by atoms with Gasteiger partial charge < -0.3 is 10.1 Å². The topological polar surface area (TPSA) is 21.3 Å². The third-order valence-electron chi connectivity index (χ3n) is 4.53. The van der Waals surface area contributed by atoms with Crippen LogP contribution in [0.3, 0.4) is 0 Å². The Morgan fingerprint density at radius 2 is 2.00 bits per heavy atom. The first-order valence-corrected chi connectivity index (χ1v) is 7.83. The summed E-state index contributed by atoms with van der Waals surface area (Å²) in [5.74, 6) is 1.28. The summed E-state index contributed by atoms with van der Waals surface area (Å²) >= 11 is 0. The van der Waals surface area contributed by atoms with Gasteiger partial charge in [0.1, 0.15) is 5.82 Å². The van der Waals surface area contributed by atoms with E-state index in [0.717, 1.165) is 31.1 Å². The molecule has 1 saturated carbocycles. The molecule has 0 bridgehead atoms. The molecule has 0 amide bonds. The molecular weight excluding hydrogens is 253 g/mol. The molecule has 2 fully saturated rings. The standard InChI is InChI=1S/C17H24FNO/c1-12(10-13-2-3-13)19-11-15-8-9-20-17(15)14-4-6-16(18)7-5-14/h4-7,12-13,15,17,19H,2-3,8-11H2,1H3/t12-,15-,17-/m0/s1. The fourth-order valence-electron chi connectivity index (χ4n) is 3.15. The van der Waals surface area contributed by atoms with Crippen LogP contribution < -0.4 is 5.32 Å². The van der Waals surface area contributed by atoms with Crippen molar-refractivity contribution >= 4 is 0 Å². The quantitative estimate of drug-likeness (QED) is 0.856. The van der Waals surface area contributed by atoms with E-state index < -0.39 is 0 Å². The lowest BCUT2D eigenvalue weighted by atomic mass is 9.95. The van der Waals surface area contributed by atoms with Gasteiger partial charge in [0, 0.05) is 25.1 Å². The summed E-state index contributed by atoms with van der Waals surface area (Å²) in [6.45, 7) is 4.09. The van der Waals surface area contributed by atoms with Crippen molar-refractivity contribution in [3.05, 3.63) is 35.6 Å². The van der Waals surface area contributed by atoms with Crippen LogP contribution in [-0.4, -0.2) is 19.2 Å². The van der Waals surface area contributed by atoms with Gasteiger partial charge in [0.25, 0.3) is 0 Å². The monoisotopic (exact) mass is 277 g/mol. The highest BCUT2D eigenvalue weighted by Gasteiger charge is 2.30. The number of hydrogen-bond donors (Lipinski definition) is 1. The average Bonchev–Trinajstić information content (AvgIpc) is 3.13. The number of benzene rings is 1. The van der Waals surface area contributed by atoms with Gasteiger partial charge in [-0.25, -0.2) is 4.39 Å². The summed E-state index contributed by atoms with van der Waals surface area (Å²) in [4.78, 5) is 0. The molecule has 1 aliphatic carbocycles. The lowest BCUT2D eigenvalue weighted by Gasteiger charge is -2.22. The van der Waals surface area contributed by atoms with Crippen LogP contribution in [0.15, 0.2) is 24.3 Å². The average molecular weight is 277 g/mol. The molecule has 0 radical (unpaired) electrons. The second kappa shape index (κ2) is 6.23. The van der Waals surface area contributed by atoms with Crippen LogP contribution in [0.2, 0.25) is 0 Å². The molecule has 3 heteroatoms. The van der Waals surface area contributed by atoms with Crippen molar-refractivity contribution in [3.8, 4) is 0 Å². The molecule has 0 unspecified atom stereocenters. The highest BCUT2D eigenvalue weighted by Crippen LogP contribution is 2.35. The Balaban J connectivity index is 1.53. The van der Waals surface area contributed by atoms with Crippen LogP contribution in [0.1, 0.15) is 44.3 Å². The zero-order chi connectivity index (χ0) is 13.9. The van der Waals surface area contributed by atoms with Gasteiger partial charge in [-0.3, -0.25) is 0 Å². The Hall–Kier alpha value is -0.930. The van der Waals surface area contributed by atoms with Crippen molar-refractivity contribution in [3.63, 3.8) is 0 Å². The summed E-state index contributed by atoms with van der Waals surface area (Å²) in [5, 5.41) is 3.65. The molecule has 1 N–H and O–H groups in total. The second-order valence-corrected chi connectivity index (χ2v) is 6.38. The summed E-state index contributed by atoms with van der Waals surface area (Å²) in [7, 11) is 0. The van der Waals surface area contributed by atoms with Crippen molar-refractivity contribution in [2.75, 3.05) is 13.2 Å². The predicted octanol–water partition coefficient (Wildman–Crippen LogP) is 3.68. The molecule has 110 valence electrons. The maximum Gasteiger partial charge on any atom is 0.123 e. The van der Waals surface area contributed by atoms with Crippen LogP contribution in [-0.2, 0) is 4.74 Å². The number of hydrogen-bond acceptors (Lipinski definition) is 2. The molecule has 1 aliphatic heterocycles. The first kappa shape index (κ1) is 14.0. The van der Waals surface area contributed by atoms with Crippen LogP contribution in [0, 0.1) is 17.7 Å². The van der Waals surface area contributed by atoms with Crippen molar-refractivity contribution in [1.82, 2.24) is 5.32 Å². The van der Waals surface area contributed by atoms with E-state index >= 15 is 0 Å². The Morgan fingerprint density at radius 3 is 2.70 bits per heavy atom. The van der Waals surface area contributed by atoms with E-state index in [9.17, 15) is 4.39 Å². The van der Waals surface area contributed by atoms with Gasteiger partial charge in [-0.05, 0) is 43.4 Å². The van der Waals surface area contributed by atoms with E-state index in [1.165, 1.54) is 31.4 Å².